The standard InChI is InChI=1S/C18H21NO3/c1-18(2,3)22-17(20)19-10-11-21-16-14(12-19)9-8-13-6-4-5-7-15(13)16/h4-9H,10-12H2,1-3H3. The molecule has 1 heterocycles. The van der Waals surface area contributed by atoms with Gasteiger partial charge in [0, 0.05) is 10.9 Å². The highest BCUT2D eigenvalue weighted by molar-refractivity contribution is 5.89. The van der Waals surface area contributed by atoms with Gasteiger partial charge in [-0.25, -0.2) is 4.79 Å². The Balaban J connectivity index is 1.90. The fraction of sp³-hybridized carbons (Fsp3) is 0.389. The number of carbonyl (C=O) groups excluding carboxylic acids is 1. The van der Waals surface area contributed by atoms with Crippen LogP contribution in [0, 0.1) is 0 Å². The Labute approximate surface area is 130 Å². The summed E-state index contributed by atoms with van der Waals surface area (Å²) in [5, 5.41) is 2.23. The Bertz CT molecular complexity index is 703. The largest absolute Gasteiger partial charge is 0.491 e. The first-order valence-corrected chi connectivity index (χ1v) is 7.55. The molecule has 4 nitrogen and oxygen atoms in total. The molecule has 1 aliphatic rings. The van der Waals surface area contributed by atoms with Gasteiger partial charge in [-0.2, -0.15) is 0 Å². The topological polar surface area (TPSA) is 38.8 Å². The molecule has 0 fully saturated rings. The second-order valence-electron chi connectivity index (χ2n) is 6.53. The summed E-state index contributed by atoms with van der Waals surface area (Å²) in [7, 11) is 0. The SMILES string of the molecule is CC(C)(C)OC(=O)N1CCOc2c(ccc3ccccc23)C1. The van der Waals surface area contributed by atoms with E-state index in [4.69, 9.17) is 9.47 Å². The van der Waals surface area contributed by atoms with Crippen LogP contribution in [0.25, 0.3) is 10.8 Å². The van der Waals surface area contributed by atoms with Gasteiger partial charge in [0.25, 0.3) is 0 Å². The van der Waals surface area contributed by atoms with E-state index in [1.165, 1.54) is 0 Å². The van der Waals surface area contributed by atoms with Crippen molar-refractivity contribution in [2.75, 3.05) is 13.2 Å². The molecule has 4 heteroatoms. The van der Waals surface area contributed by atoms with Crippen LogP contribution in [0.4, 0.5) is 4.79 Å². The summed E-state index contributed by atoms with van der Waals surface area (Å²) >= 11 is 0. The predicted octanol–water partition coefficient (Wildman–Crippen LogP) is 3.97. The van der Waals surface area contributed by atoms with E-state index in [0.29, 0.717) is 19.7 Å². The van der Waals surface area contributed by atoms with Crippen LogP contribution in [0.2, 0.25) is 0 Å². The third-order valence-corrected chi connectivity index (χ3v) is 3.58. The minimum atomic E-state index is -0.490. The molecule has 0 unspecified atom stereocenters. The van der Waals surface area contributed by atoms with Gasteiger partial charge in [-0.3, -0.25) is 0 Å². The zero-order valence-electron chi connectivity index (χ0n) is 13.3. The van der Waals surface area contributed by atoms with E-state index in [1.54, 1.807) is 4.90 Å². The first-order valence-electron chi connectivity index (χ1n) is 7.55. The molecule has 0 aromatic heterocycles. The third-order valence-electron chi connectivity index (χ3n) is 3.58. The van der Waals surface area contributed by atoms with Gasteiger partial charge in [-0.15, -0.1) is 0 Å². The maximum atomic E-state index is 12.3. The van der Waals surface area contributed by atoms with Crippen LogP contribution in [0.15, 0.2) is 36.4 Å². The van der Waals surface area contributed by atoms with Gasteiger partial charge in [-0.05, 0) is 26.2 Å². The van der Waals surface area contributed by atoms with Gasteiger partial charge in [0.05, 0.1) is 13.1 Å². The highest BCUT2D eigenvalue weighted by Gasteiger charge is 2.25. The number of fused-ring (bicyclic) bond motifs is 3. The zero-order chi connectivity index (χ0) is 15.7. The number of amides is 1. The Morgan fingerprint density at radius 1 is 1.18 bits per heavy atom. The number of rotatable bonds is 0. The Kier molecular flexibility index (Phi) is 3.69. The molecule has 0 aliphatic carbocycles. The molecule has 3 rings (SSSR count). The van der Waals surface area contributed by atoms with Crippen LogP contribution in [0.3, 0.4) is 0 Å². The van der Waals surface area contributed by atoms with Crippen molar-refractivity contribution in [2.45, 2.75) is 32.9 Å². The third kappa shape index (κ3) is 3.01. The molecule has 116 valence electrons. The van der Waals surface area contributed by atoms with Crippen molar-refractivity contribution in [1.82, 2.24) is 4.90 Å². The van der Waals surface area contributed by atoms with E-state index in [0.717, 1.165) is 22.1 Å². The average molecular weight is 299 g/mol. The molecular weight excluding hydrogens is 278 g/mol. The van der Waals surface area contributed by atoms with E-state index < -0.39 is 5.60 Å². The summed E-state index contributed by atoms with van der Waals surface area (Å²) in [5.41, 5.74) is 0.526. The van der Waals surface area contributed by atoms with Crippen LogP contribution in [0.5, 0.6) is 5.75 Å². The molecule has 22 heavy (non-hydrogen) atoms. The lowest BCUT2D eigenvalue weighted by Crippen LogP contribution is -2.37. The highest BCUT2D eigenvalue weighted by Crippen LogP contribution is 2.32. The molecule has 0 saturated carbocycles. The number of ether oxygens (including phenoxy) is 2. The van der Waals surface area contributed by atoms with E-state index in [9.17, 15) is 4.79 Å². The van der Waals surface area contributed by atoms with Crippen LogP contribution < -0.4 is 4.74 Å². The van der Waals surface area contributed by atoms with Crippen molar-refractivity contribution in [1.29, 1.82) is 0 Å². The quantitative estimate of drug-likeness (QED) is 0.739. The fourth-order valence-corrected chi connectivity index (χ4v) is 2.61. The number of carbonyl (C=O) groups is 1. The second kappa shape index (κ2) is 5.52. The lowest BCUT2D eigenvalue weighted by atomic mass is 10.1. The van der Waals surface area contributed by atoms with Gasteiger partial charge in [0.2, 0.25) is 0 Å². The van der Waals surface area contributed by atoms with Crippen molar-refractivity contribution in [3.63, 3.8) is 0 Å². The molecule has 2 aromatic rings. The molecule has 1 aliphatic heterocycles. The molecule has 0 radical (unpaired) electrons. The number of hydrogen-bond donors (Lipinski definition) is 0. The van der Waals surface area contributed by atoms with Gasteiger partial charge >= 0.3 is 6.09 Å². The summed E-state index contributed by atoms with van der Waals surface area (Å²) in [6.07, 6.45) is -0.294. The van der Waals surface area contributed by atoms with Gasteiger partial charge in [0.1, 0.15) is 18.0 Å². The summed E-state index contributed by atoms with van der Waals surface area (Å²) < 4.78 is 11.4. The first kappa shape index (κ1) is 14.7. The predicted molar refractivity (Wildman–Crippen MR) is 86.1 cm³/mol. The number of benzene rings is 2. The minimum absolute atomic E-state index is 0.294. The molecule has 2 aromatic carbocycles. The van der Waals surface area contributed by atoms with Crippen LogP contribution in [-0.4, -0.2) is 29.7 Å². The second-order valence-corrected chi connectivity index (χ2v) is 6.53. The van der Waals surface area contributed by atoms with Crippen molar-refractivity contribution >= 4 is 16.9 Å². The van der Waals surface area contributed by atoms with Crippen molar-refractivity contribution in [3.05, 3.63) is 42.0 Å². The van der Waals surface area contributed by atoms with Crippen LogP contribution >= 0.6 is 0 Å². The van der Waals surface area contributed by atoms with Crippen molar-refractivity contribution in [3.8, 4) is 5.75 Å². The fourth-order valence-electron chi connectivity index (χ4n) is 2.61. The summed E-state index contributed by atoms with van der Waals surface area (Å²) in [6.45, 7) is 7.13. The Hall–Kier alpha value is -2.23. The Morgan fingerprint density at radius 2 is 1.95 bits per heavy atom. The van der Waals surface area contributed by atoms with E-state index in [2.05, 4.69) is 18.2 Å². The van der Waals surface area contributed by atoms with Gasteiger partial charge in [0.15, 0.2) is 0 Å². The van der Waals surface area contributed by atoms with E-state index in [1.807, 2.05) is 39.0 Å². The van der Waals surface area contributed by atoms with Crippen LogP contribution in [0.1, 0.15) is 26.3 Å². The molecule has 0 spiro atoms. The molecule has 0 N–H and O–H groups in total. The molecule has 0 bridgehead atoms. The number of hydrogen-bond acceptors (Lipinski definition) is 3. The van der Waals surface area contributed by atoms with E-state index in [-0.39, 0.29) is 6.09 Å². The molecule has 0 saturated heterocycles. The van der Waals surface area contributed by atoms with Gasteiger partial charge in [-0.1, -0.05) is 36.4 Å². The van der Waals surface area contributed by atoms with Crippen LogP contribution in [-0.2, 0) is 11.3 Å². The van der Waals surface area contributed by atoms with Crippen molar-refractivity contribution in [2.24, 2.45) is 0 Å². The Morgan fingerprint density at radius 3 is 2.73 bits per heavy atom. The average Bonchev–Trinajstić information content (AvgIpc) is 2.68. The minimum Gasteiger partial charge on any atom is -0.491 e. The molecular formula is C18H21NO3. The summed E-state index contributed by atoms with van der Waals surface area (Å²) in [4.78, 5) is 14.0. The van der Waals surface area contributed by atoms with Crippen molar-refractivity contribution < 1.29 is 14.3 Å². The monoisotopic (exact) mass is 299 g/mol. The zero-order valence-corrected chi connectivity index (χ0v) is 13.3. The lowest BCUT2D eigenvalue weighted by Gasteiger charge is -2.26. The maximum Gasteiger partial charge on any atom is 0.410 e. The molecule has 1 amide bonds. The first-order chi connectivity index (χ1) is 10.4. The normalized spacial score (nSPS) is 15.0. The summed E-state index contributed by atoms with van der Waals surface area (Å²) in [6, 6.07) is 12.2. The summed E-state index contributed by atoms with van der Waals surface area (Å²) in [5.74, 6) is 0.879. The highest BCUT2D eigenvalue weighted by atomic mass is 16.6. The smallest absolute Gasteiger partial charge is 0.410 e. The molecule has 0 atom stereocenters. The van der Waals surface area contributed by atoms with E-state index >= 15 is 0 Å². The lowest BCUT2D eigenvalue weighted by molar-refractivity contribution is 0.0225. The van der Waals surface area contributed by atoms with Gasteiger partial charge < -0.3 is 14.4 Å². The maximum absolute atomic E-state index is 12.3. The number of nitrogens with zero attached hydrogens (tertiary/aromatic N) is 1.